The third kappa shape index (κ3) is 4.11. The van der Waals surface area contributed by atoms with Gasteiger partial charge in [-0.15, -0.1) is 0 Å². The summed E-state index contributed by atoms with van der Waals surface area (Å²) in [5, 5.41) is 0.0926. The summed E-state index contributed by atoms with van der Waals surface area (Å²) < 4.78 is 30.5. The van der Waals surface area contributed by atoms with Gasteiger partial charge in [0.05, 0.1) is 19.0 Å². The number of imidazole rings is 1. The predicted octanol–water partition coefficient (Wildman–Crippen LogP) is 1.08. The molecule has 1 saturated heterocycles. The molecule has 1 fully saturated rings. The molecule has 0 bridgehead atoms. The molecule has 0 N–H and O–H groups in total. The predicted molar refractivity (Wildman–Crippen MR) is 85.6 cm³/mol. The van der Waals surface area contributed by atoms with Crippen LogP contribution in [0.3, 0.4) is 0 Å². The smallest absolute Gasteiger partial charge is 0.323 e. The van der Waals surface area contributed by atoms with Crippen LogP contribution in [0.4, 0.5) is 0 Å². The molecule has 130 valence electrons. The Morgan fingerprint density at radius 3 is 2.74 bits per heavy atom. The minimum absolute atomic E-state index is 0.0926. The fraction of sp³-hybridized carbons (Fsp3) is 0.733. The van der Waals surface area contributed by atoms with Crippen molar-refractivity contribution in [1.82, 2.24) is 14.5 Å². The molecule has 7 nitrogen and oxygen atoms in total. The van der Waals surface area contributed by atoms with Crippen LogP contribution in [0.25, 0.3) is 0 Å². The normalized spacial score (nSPS) is 19.4. The number of nitrogens with zero attached hydrogens (tertiary/aromatic N) is 3. The van der Waals surface area contributed by atoms with Crippen LogP contribution in [-0.4, -0.2) is 54.8 Å². The van der Waals surface area contributed by atoms with Gasteiger partial charge in [0, 0.05) is 19.3 Å². The average molecular weight is 343 g/mol. The molecule has 0 saturated carbocycles. The van der Waals surface area contributed by atoms with Gasteiger partial charge in [-0.3, -0.25) is 9.69 Å². The van der Waals surface area contributed by atoms with E-state index < -0.39 is 9.84 Å². The molecule has 1 aromatic rings. The molecule has 0 unspecified atom stereocenters. The number of likely N-dealkylation sites (tertiary alicyclic amines) is 1. The van der Waals surface area contributed by atoms with Crippen molar-refractivity contribution in [3.63, 3.8) is 0 Å². The first kappa shape index (κ1) is 17.9. The zero-order valence-corrected chi connectivity index (χ0v) is 15.0. The van der Waals surface area contributed by atoms with Crippen molar-refractivity contribution < 1.29 is 17.9 Å². The Balaban J connectivity index is 2.29. The Kier molecular flexibility index (Phi) is 5.46. The van der Waals surface area contributed by atoms with Crippen molar-refractivity contribution in [1.29, 1.82) is 0 Å². The highest BCUT2D eigenvalue weighted by molar-refractivity contribution is 7.90. The molecule has 2 heterocycles. The minimum atomic E-state index is -3.38. The van der Waals surface area contributed by atoms with Gasteiger partial charge in [0.25, 0.3) is 0 Å². The SMILES string of the molecule is COC(=O)[C@@H]1CCCN1Cc1cnc(S(C)(=O)=O)n1CC(C)C. The molecule has 2 rings (SSSR count). The number of carbonyl (C=O) groups excluding carboxylic acids is 1. The Bertz CT molecular complexity index is 666. The highest BCUT2D eigenvalue weighted by Crippen LogP contribution is 2.23. The van der Waals surface area contributed by atoms with Gasteiger partial charge < -0.3 is 9.30 Å². The molecule has 0 aromatic carbocycles. The highest BCUT2D eigenvalue weighted by Gasteiger charge is 2.32. The Labute approximate surface area is 137 Å². The maximum absolute atomic E-state index is 11.9. The van der Waals surface area contributed by atoms with Crippen molar-refractivity contribution in [3.05, 3.63) is 11.9 Å². The number of esters is 1. The topological polar surface area (TPSA) is 81.5 Å². The van der Waals surface area contributed by atoms with Crippen molar-refractivity contribution in [3.8, 4) is 0 Å². The number of aromatic nitrogens is 2. The lowest BCUT2D eigenvalue weighted by Crippen LogP contribution is -2.37. The van der Waals surface area contributed by atoms with E-state index in [2.05, 4.69) is 4.98 Å². The lowest BCUT2D eigenvalue weighted by molar-refractivity contribution is -0.146. The van der Waals surface area contributed by atoms with Crippen molar-refractivity contribution in [2.24, 2.45) is 5.92 Å². The van der Waals surface area contributed by atoms with Gasteiger partial charge in [0.1, 0.15) is 6.04 Å². The first-order chi connectivity index (χ1) is 10.7. The fourth-order valence-corrected chi connectivity index (χ4v) is 3.84. The number of ether oxygens (including phenoxy) is 1. The third-order valence-electron chi connectivity index (χ3n) is 3.98. The highest BCUT2D eigenvalue weighted by atomic mass is 32.2. The maximum atomic E-state index is 11.9. The average Bonchev–Trinajstić information content (AvgIpc) is 3.05. The minimum Gasteiger partial charge on any atom is -0.468 e. The second-order valence-corrected chi connectivity index (χ2v) is 8.37. The van der Waals surface area contributed by atoms with Gasteiger partial charge >= 0.3 is 5.97 Å². The number of hydrogen-bond donors (Lipinski definition) is 0. The van der Waals surface area contributed by atoms with Gasteiger partial charge in [-0.1, -0.05) is 13.8 Å². The molecule has 23 heavy (non-hydrogen) atoms. The molecule has 1 aliphatic rings. The zero-order chi connectivity index (χ0) is 17.2. The van der Waals surface area contributed by atoms with E-state index in [1.54, 1.807) is 10.8 Å². The summed E-state index contributed by atoms with van der Waals surface area (Å²) >= 11 is 0. The van der Waals surface area contributed by atoms with Crippen molar-refractivity contribution >= 4 is 15.8 Å². The summed E-state index contributed by atoms with van der Waals surface area (Å²) in [6.45, 7) is 5.93. The fourth-order valence-electron chi connectivity index (χ4n) is 3.00. The second-order valence-electron chi connectivity index (χ2n) is 6.46. The van der Waals surface area contributed by atoms with Crippen LogP contribution in [0.1, 0.15) is 32.4 Å². The largest absolute Gasteiger partial charge is 0.468 e. The van der Waals surface area contributed by atoms with Crippen LogP contribution in [0.2, 0.25) is 0 Å². The monoisotopic (exact) mass is 343 g/mol. The summed E-state index contributed by atoms with van der Waals surface area (Å²) in [6, 6.07) is -0.260. The van der Waals surface area contributed by atoms with Crippen LogP contribution in [0, 0.1) is 5.92 Å². The molecule has 0 spiro atoms. The number of carbonyl (C=O) groups is 1. The summed E-state index contributed by atoms with van der Waals surface area (Å²) in [6.07, 6.45) is 4.47. The number of sulfone groups is 1. The van der Waals surface area contributed by atoms with E-state index in [4.69, 9.17) is 4.74 Å². The number of methoxy groups -OCH3 is 1. The van der Waals surface area contributed by atoms with Crippen LogP contribution >= 0.6 is 0 Å². The maximum Gasteiger partial charge on any atom is 0.323 e. The zero-order valence-electron chi connectivity index (χ0n) is 14.2. The molecule has 8 heteroatoms. The molecule has 1 aliphatic heterocycles. The molecule has 1 atom stereocenters. The molecule has 0 aliphatic carbocycles. The van der Waals surface area contributed by atoms with E-state index in [9.17, 15) is 13.2 Å². The Morgan fingerprint density at radius 1 is 1.48 bits per heavy atom. The Hall–Kier alpha value is -1.41. The number of rotatable bonds is 6. The first-order valence-electron chi connectivity index (χ1n) is 7.80. The van der Waals surface area contributed by atoms with Crippen molar-refractivity contribution in [2.75, 3.05) is 19.9 Å². The quantitative estimate of drug-likeness (QED) is 0.719. The van der Waals surface area contributed by atoms with E-state index in [0.29, 0.717) is 19.0 Å². The lowest BCUT2D eigenvalue weighted by Gasteiger charge is -2.23. The van der Waals surface area contributed by atoms with Gasteiger partial charge in [-0.2, -0.15) is 0 Å². The molecular weight excluding hydrogens is 318 g/mol. The molecule has 0 radical (unpaired) electrons. The van der Waals surface area contributed by atoms with Gasteiger partial charge in [-0.25, -0.2) is 13.4 Å². The second kappa shape index (κ2) is 7.00. The summed E-state index contributed by atoms with van der Waals surface area (Å²) in [5.74, 6) is 0.0548. The van der Waals surface area contributed by atoms with Gasteiger partial charge in [0.2, 0.25) is 15.0 Å². The van der Waals surface area contributed by atoms with E-state index in [1.165, 1.54) is 13.4 Å². The first-order valence-corrected chi connectivity index (χ1v) is 9.69. The molecule has 1 aromatic heterocycles. The van der Waals surface area contributed by atoms with E-state index in [-0.39, 0.29) is 17.2 Å². The van der Waals surface area contributed by atoms with Crippen LogP contribution in [0.15, 0.2) is 11.4 Å². The van der Waals surface area contributed by atoms with E-state index >= 15 is 0 Å². The Morgan fingerprint density at radius 2 is 2.17 bits per heavy atom. The van der Waals surface area contributed by atoms with E-state index in [0.717, 1.165) is 25.1 Å². The third-order valence-corrected chi connectivity index (χ3v) is 4.97. The van der Waals surface area contributed by atoms with Crippen LogP contribution < -0.4 is 0 Å². The van der Waals surface area contributed by atoms with Crippen molar-refractivity contribution in [2.45, 2.75) is 51.0 Å². The standard InChI is InChI=1S/C15H25N3O4S/c1-11(2)9-18-12(8-16-15(18)23(4,20)21)10-17-7-5-6-13(17)14(19)22-3/h8,11,13H,5-7,9-10H2,1-4H3/t13-/m0/s1. The van der Waals surface area contributed by atoms with Crippen LogP contribution in [-0.2, 0) is 32.5 Å². The lowest BCUT2D eigenvalue weighted by atomic mass is 10.2. The van der Waals surface area contributed by atoms with E-state index in [1.807, 2.05) is 18.7 Å². The summed E-state index contributed by atoms with van der Waals surface area (Å²) in [4.78, 5) is 18.0. The van der Waals surface area contributed by atoms with Gasteiger partial charge in [-0.05, 0) is 25.3 Å². The van der Waals surface area contributed by atoms with Crippen LogP contribution in [0.5, 0.6) is 0 Å². The van der Waals surface area contributed by atoms with Gasteiger partial charge in [0.15, 0.2) is 0 Å². The molecular formula is C15H25N3O4S. The number of hydrogen-bond acceptors (Lipinski definition) is 6. The summed E-state index contributed by atoms with van der Waals surface area (Å²) in [5.41, 5.74) is 0.815. The summed E-state index contributed by atoms with van der Waals surface area (Å²) in [7, 11) is -1.99. The molecule has 0 amide bonds.